The Balaban J connectivity index is 1.75. The Morgan fingerprint density at radius 2 is 1.83 bits per heavy atom. The number of urea groups is 1. The number of para-hydroxylation sites is 2. The molecule has 0 bridgehead atoms. The number of hydrogen-bond acceptors (Lipinski definition) is 2. The van der Waals surface area contributed by atoms with Crippen molar-refractivity contribution in [3.63, 3.8) is 0 Å². The van der Waals surface area contributed by atoms with E-state index in [1.54, 1.807) is 11.0 Å². The molecule has 0 aliphatic carbocycles. The monoisotopic (exact) mass is 342 g/mol. The molecule has 2 aromatic carbocycles. The number of nitrogens with one attached hydrogen (secondary N) is 2. The van der Waals surface area contributed by atoms with E-state index >= 15 is 0 Å². The molecule has 1 aromatic heterocycles. The third-order valence-corrected chi connectivity index (χ3v) is 4.11. The van der Waals surface area contributed by atoms with Crippen LogP contribution in [0.15, 0.2) is 54.9 Å². The Labute approximate surface area is 145 Å². The summed E-state index contributed by atoms with van der Waals surface area (Å²) in [5.41, 5.74) is 5.50. The van der Waals surface area contributed by atoms with Crippen LogP contribution in [0.4, 0.5) is 4.79 Å². The van der Waals surface area contributed by atoms with Crippen molar-refractivity contribution in [2.24, 2.45) is 5.92 Å². The van der Waals surface area contributed by atoms with Crippen molar-refractivity contribution < 1.29 is 4.79 Å². The highest BCUT2D eigenvalue weighted by Crippen LogP contribution is 2.23. The van der Waals surface area contributed by atoms with Crippen LogP contribution in [0.5, 0.6) is 0 Å². The number of halogens is 1. The zero-order valence-electron chi connectivity index (χ0n) is 13.5. The molecule has 0 unspecified atom stereocenters. The minimum atomic E-state index is -0.285. The van der Waals surface area contributed by atoms with Gasteiger partial charge in [-0.1, -0.05) is 49.7 Å². The van der Waals surface area contributed by atoms with Gasteiger partial charge < -0.3 is 5.32 Å². The van der Waals surface area contributed by atoms with Gasteiger partial charge in [-0.25, -0.2) is 19.9 Å². The minimum Gasteiger partial charge on any atom is -0.330 e. The first-order chi connectivity index (χ1) is 11.5. The Morgan fingerprint density at radius 3 is 2.54 bits per heavy atom. The number of amides is 2. The van der Waals surface area contributed by atoms with E-state index in [-0.39, 0.29) is 18.0 Å². The molecule has 2 N–H and O–H groups in total. The number of hydrogen-bond donors (Lipinski definition) is 2. The minimum absolute atomic E-state index is 0.114. The first-order valence-electron chi connectivity index (χ1n) is 7.79. The standard InChI is InChI=1S/C18H19ClN4O/c1-12(2)17(13-7-9-14(19)10-8-13)21-18(24)22-23-11-20-15-5-3-4-6-16(15)23/h3-12,17H,1-2H3,(H2,21,22,24)/t17-/m0/s1. The Kier molecular flexibility index (Phi) is 4.71. The average molecular weight is 343 g/mol. The summed E-state index contributed by atoms with van der Waals surface area (Å²) in [7, 11) is 0. The van der Waals surface area contributed by atoms with E-state index in [1.165, 1.54) is 0 Å². The van der Waals surface area contributed by atoms with E-state index in [0.29, 0.717) is 5.02 Å². The molecule has 0 saturated carbocycles. The summed E-state index contributed by atoms with van der Waals surface area (Å²) in [6.07, 6.45) is 1.59. The summed E-state index contributed by atoms with van der Waals surface area (Å²) in [5.74, 6) is 0.233. The topological polar surface area (TPSA) is 59.0 Å². The molecule has 0 spiro atoms. The molecule has 3 aromatic rings. The number of rotatable bonds is 4. The van der Waals surface area contributed by atoms with E-state index < -0.39 is 0 Å². The van der Waals surface area contributed by atoms with Crippen LogP contribution in [-0.4, -0.2) is 15.7 Å². The fourth-order valence-electron chi connectivity index (χ4n) is 2.64. The third-order valence-electron chi connectivity index (χ3n) is 3.86. The summed E-state index contributed by atoms with van der Waals surface area (Å²) >= 11 is 5.94. The molecule has 6 heteroatoms. The molecule has 3 rings (SSSR count). The largest absolute Gasteiger partial charge is 0.334 e. The second-order valence-electron chi connectivity index (χ2n) is 5.96. The van der Waals surface area contributed by atoms with E-state index in [2.05, 4.69) is 29.6 Å². The van der Waals surface area contributed by atoms with E-state index in [4.69, 9.17) is 11.6 Å². The molecular formula is C18H19ClN4O. The van der Waals surface area contributed by atoms with Crippen LogP contribution in [-0.2, 0) is 0 Å². The lowest BCUT2D eigenvalue weighted by atomic mass is 9.96. The van der Waals surface area contributed by atoms with Gasteiger partial charge in [0, 0.05) is 5.02 Å². The van der Waals surface area contributed by atoms with Crippen LogP contribution in [0, 0.1) is 5.92 Å². The lowest BCUT2D eigenvalue weighted by Crippen LogP contribution is -2.38. The molecule has 0 aliphatic heterocycles. The molecule has 2 amide bonds. The van der Waals surface area contributed by atoms with Gasteiger partial charge >= 0.3 is 6.03 Å². The molecule has 0 saturated heterocycles. The van der Waals surface area contributed by atoms with Gasteiger partial charge in [-0.2, -0.15) is 0 Å². The van der Waals surface area contributed by atoms with Gasteiger partial charge in [0.15, 0.2) is 0 Å². The zero-order valence-corrected chi connectivity index (χ0v) is 14.3. The van der Waals surface area contributed by atoms with Crippen LogP contribution in [0.1, 0.15) is 25.5 Å². The van der Waals surface area contributed by atoms with Gasteiger partial charge in [-0.3, -0.25) is 0 Å². The van der Waals surface area contributed by atoms with E-state index in [0.717, 1.165) is 16.6 Å². The third kappa shape index (κ3) is 3.51. The van der Waals surface area contributed by atoms with Gasteiger partial charge in [0.1, 0.15) is 6.33 Å². The van der Waals surface area contributed by atoms with Crippen molar-refractivity contribution >= 4 is 28.7 Å². The number of imidazole rings is 1. The summed E-state index contributed by atoms with van der Waals surface area (Å²) in [4.78, 5) is 16.7. The average Bonchev–Trinajstić information content (AvgIpc) is 2.96. The Bertz CT molecular complexity index is 842. The van der Waals surface area contributed by atoms with Crippen molar-refractivity contribution in [2.45, 2.75) is 19.9 Å². The van der Waals surface area contributed by atoms with E-state index in [1.807, 2.05) is 48.5 Å². The first-order valence-corrected chi connectivity index (χ1v) is 8.17. The quantitative estimate of drug-likeness (QED) is 0.741. The van der Waals surface area contributed by atoms with Gasteiger partial charge in [0.25, 0.3) is 0 Å². The van der Waals surface area contributed by atoms with Crippen molar-refractivity contribution in [3.8, 4) is 0 Å². The number of carbonyl (C=O) groups is 1. The van der Waals surface area contributed by atoms with E-state index in [9.17, 15) is 4.79 Å². The summed E-state index contributed by atoms with van der Waals surface area (Å²) in [6.45, 7) is 4.12. The predicted molar refractivity (Wildman–Crippen MR) is 96.7 cm³/mol. The first kappa shape index (κ1) is 16.3. The predicted octanol–water partition coefficient (Wildman–Crippen LogP) is 4.34. The Morgan fingerprint density at radius 1 is 1.12 bits per heavy atom. The molecule has 5 nitrogen and oxygen atoms in total. The smallest absolute Gasteiger partial charge is 0.330 e. The number of aromatic nitrogens is 2. The summed E-state index contributed by atoms with van der Waals surface area (Å²) in [6, 6.07) is 14.7. The summed E-state index contributed by atoms with van der Waals surface area (Å²) in [5, 5.41) is 3.69. The normalized spacial score (nSPS) is 12.3. The van der Waals surface area contributed by atoms with Gasteiger partial charge in [-0.15, -0.1) is 0 Å². The lowest BCUT2D eigenvalue weighted by Gasteiger charge is -2.23. The molecule has 1 atom stereocenters. The van der Waals surface area contributed by atoms with Crippen LogP contribution in [0.2, 0.25) is 5.02 Å². The van der Waals surface area contributed by atoms with Crippen molar-refractivity contribution in [1.82, 2.24) is 15.0 Å². The number of benzene rings is 2. The number of nitrogens with zero attached hydrogens (tertiary/aromatic N) is 2. The number of fused-ring (bicyclic) bond motifs is 1. The summed E-state index contributed by atoms with van der Waals surface area (Å²) < 4.78 is 1.61. The molecule has 24 heavy (non-hydrogen) atoms. The molecule has 0 radical (unpaired) electrons. The molecule has 0 aliphatic rings. The maximum Gasteiger partial charge on any atom is 0.334 e. The van der Waals surface area contributed by atoms with Crippen molar-refractivity contribution in [2.75, 3.05) is 5.43 Å². The number of carbonyl (C=O) groups excluding carboxylic acids is 1. The van der Waals surface area contributed by atoms with Gasteiger partial charge in [-0.05, 0) is 35.7 Å². The second kappa shape index (κ2) is 6.93. The van der Waals surface area contributed by atoms with Crippen molar-refractivity contribution in [3.05, 3.63) is 65.4 Å². The van der Waals surface area contributed by atoms with Crippen LogP contribution in [0.3, 0.4) is 0 Å². The molecule has 0 fully saturated rings. The molecule has 124 valence electrons. The van der Waals surface area contributed by atoms with Crippen LogP contribution >= 0.6 is 11.6 Å². The Hall–Kier alpha value is -2.53. The zero-order chi connectivity index (χ0) is 17.1. The van der Waals surface area contributed by atoms with Gasteiger partial charge in [0.05, 0.1) is 17.1 Å². The van der Waals surface area contributed by atoms with Crippen LogP contribution < -0.4 is 10.7 Å². The SMILES string of the molecule is CC(C)[C@H](NC(=O)Nn1cnc2ccccc21)c1ccc(Cl)cc1. The van der Waals surface area contributed by atoms with Gasteiger partial charge in [0.2, 0.25) is 0 Å². The highest BCUT2D eigenvalue weighted by atomic mass is 35.5. The fraction of sp³-hybridized carbons (Fsp3) is 0.222. The molecular weight excluding hydrogens is 324 g/mol. The van der Waals surface area contributed by atoms with Crippen LogP contribution in [0.25, 0.3) is 11.0 Å². The second-order valence-corrected chi connectivity index (χ2v) is 6.40. The maximum atomic E-state index is 12.4. The molecule has 1 heterocycles. The van der Waals surface area contributed by atoms with Crippen molar-refractivity contribution in [1.29, 1.82) is 0 Å². The highest BCUT2D eigenvalue weighted by molar-refractivity contribution is 6.30. The lowest BCUT2D eigenvalue weighted by molar-refractivity contribution is 0.242. The highest BCUT2D eigenvalue weighted by Gasteiger charge is 2.18. The fourth-order valence-corrected chi connectivity index (χ4v) is 2.76. The maximum absolute atomic E-state index is 12.4.